The summed E-state index contributed by atoms with van der Waals surface area (Å²) in [7, 11) is 1.37. The number of allylic oxidation sites excluding steroid dienone is 1. The highest BCUT2D eigenvalue weighted by molar-refractivity contribution is 5.83. The fourth-order valence-electron chi connectivity index (χ4n) is 6.44. The molecular weight excluding hydrogens is 614 g/mol. The largest absolute Gasteiger partial charge is 0.493 e. The van der Waals surface area contributed by atoms with Crippen molar-refractivity contribution in [3.63, 3.8) is 0 Å². The van der Waals surface area contributed by atoms with E-state index in [4.69, 9.17) is 29.0 Å². The van der Waals surface area contributed by atoms with Gasteiger partial charge in [0.25, 0.3) is 0 Å². The average molecular weight is 658 g/mol. The van der Waals surface area contributed by atoms with E-state index in [1.807, 2.05) is 92.9 Å². The number of benzene rings is 3. The topological polar surface area (TPSA) is 84.2 Å². The molecule has 8 nitrogen and oxygen atoms in total. The number of methoxy groups -OCH3 is 1. The summed E-state index contributed by atoms with van der Waals surface area (Å²) < 4.78 is 25.6. The molecule has 49 heavy (non-hydrogen) atoms. The minimum atomic E-state index is -1.05. The Labute approximate surface area is 288 Å². The van der Waals surface area contributed by atoms with E-state index in [9.17, 15) is 4.79 Å². The Bertz CT molecular complexity index is 2020. The summed E-state index contributed by atoms with van der Waals surface area (Å²) in [4.78, 5) is 18.5. The molecule has 5 aromatic rings. The van der Waals surface area contributed by atoms with Gasteiger partial charge in [-0.05, 0) is 87.9 Å². The van der Waals surface area contributed by atoms with Gasteiger partial charge in [0.15, 0.2) is 11.8 Å². The Morgan fingerprint density at radius 3 is 2.57 bits per heavy atom. The van der Waals surface area contributed by atoms with E-state index in [2.05, 4.69) is 31.4 Å². The summed E-state index contributed by atoms with van der Waals surface area (Å²) in [5.41, 5.74) is 7.51. The van der Waals surface area contributed by atoms with Gasteiger partial charge in [-0.2, -0.15) is 5.10 Å². The van der Waals surface area contributed by atoms with Crippen molar-refractivity contribution in [2.45, 2.75) is 58.2 Å². The first kappa shape index (κ1) is 33.7. The molecule has 2 aromatic heterocycles. The molecule has 0 spiro atoms. The number of esters is 1. The number of ether oxygens (including phenoxy) is 4. The second-order valence-corrected chi connectivity index (χ2v) is 13.2. The van der Waals surface area contributed by atoms with Crippen molar-refractivity contribution >= 4 is 11.6 Å². The Kier molecular flexibility index (Phi) is 9.69. The highest BCUT2D eigenvalue weighted by Crippen LogP contribution is 2.42. The van der Waals surface area contributed by atoms with Crippen LogP contribution in [0.2, 0.25) is 0 Å². The number of carbonyl (C=O) groups excluding carboxylic acids is 1. The molecule has 0 saturated carbocycles. The first-order valence-electron chi connectivity index (χ1n) is 16.6. The van der Waals surface area contributed by atoms with E-state index in [0.29, 0.717) is 35.8 Å². The molecule has 0 saturated heterocycles. The van der Waals surface area contributed by atoms with Crippen LogP contribution in [0.5, 0.6) is 11.5 Å². The standard InChI is InChI=1S/C41H43N3O5/c1-8-13-27-20-22-48-35-19-18-30(24-32(27)35)38-37(39(40(45)46-7)49-41(4,5)6)26(3)42-36-25-33(43-44(36)38)29-15-12-14-28(23-29)31-16-10-11-17-34(31)47-21-9-2/h8-12,14-19,23-25,27,39H,1-2,13,20-22H2,3-7H3/t27?,39-/m0/s1. The van der Waals surface area contributed by atoms with Crippen molar-refractivity contribution in [2.24, 2.45) is 0 Å². The highest BCUT2D eigenvalue weighted by Gasteiger charge is 2.34. The molecule has 1 aliphatic rings. The van der Waals surface area contributed by atoms with Gasteiger partial charge in [0.05, 0.1) is 30.7 Å². The molecule has 0 fully saturated rings. The average Bonchev–Trinajstić information content (AvgIpc) is 3.52. The van der Waals surface area contributed by atoms with Crippen LogP contribution in [0.3, 0.4) is 0 Å². The van der Waals surface area contributed by atoms with Gasteiger partial charge in [-0.15, -0.1) is 6.58 Å². The van der Waals surface area contributed by atoms with Gasteiger partial charge in [-0.3, -0.25) is 0 Å². The zero-order chi connectivity index (χ0) is 34.7. The van der Waals surface area contributed by atoms with Crippen LogP contribution in [0.4, 0.5) is 0 Å². The number of aryl methyl sites for hydroxylation is 1. The molecule has 0 aliphatic carbocycles. The maximum Gasteiger partial charge on any atom is 0.339 e. The summed E-state index contributed by atoms with van der Waals surface area (Å²) in [6.07, 6.45) is 4.37. The van der Waals surface area contributed by atoms with E-state index < -0.39 is 17.7 Å². The minimum Gasteiger partial charge on any atom is -0.493 e. The Morgan fingerprint density at radius 1 is 1.02 bits per heavy atom. The van der Waals surface area contributed by atoms with Crippen molar-refractivity contribution in [1.29, 1.82) is 0 Å². The van der Waals surface area contributed by atoms with Gasteiger partial charge in [-0.1, -0.05) is 55.1 Å². The van der Waals surface area contributed by atoms with Gasteiger partial charge in [0.1, 0.15) is 18.1 Å². The predicted molar refractivity (Wildman–Crippen MR) is 193 cm³/mol. The molecule has 1 aliphatic heterocycles. The van der Waals surface area contributed by atoms with Gasteiger partial charge in [0, 0.05) is 34.0 Å². The molecule has 2 atom stereocenters. The van der Waals surface area contributed by atoms with E-state index in [1.54, 1.807) is 6.08 Å². The SMILES string of the molecule is C=CCOc1ccccc1-c1cccc(-c2cc3nc(C)c([C@H](OC(C)(C)C)C(=O)OC)c(-c4ccc5c(c4)C(CC=C)CCO5)n3n2)c1. The van der Waals surface area contributed by atoms with Crippen LogP contribution in [-0.2, 0) is 14.3 Å². The number of nitrogens with zero attached hydrogens (tertiary/aromatic N) is 3. The Hall–Kier alpha value is -5.21. The molecule has 252 valence electrons. The molecule has 0 bridgehead atoms. The maximum absolute atomic E-state index is 13.5. The molecule has 0 radical (unpaired) electrons. The van der Waals surface area contributed by atoms with Gasteiger partial charge >= 0.3 is 5.97 Å². The summed E-state index contributed by atoms with van der Waals surface area (Å²) >= 11 is 0. The smallest absolute Gasteiger partial charge is 0.339 e. The molecule has 3 aromatic carbocycles. The normalized spacial score (nSPS) is 14.8. The van der Waals surface area contributed by atoms with Crippen molar-refractivity contribution < 1.29 is 23.7 Å². The van der Waals surface area contributed by atoms with Crippen LogP contribution in [0.1, 0.15) is 62.5 Å². The van der Waals surface area contributed by atoms with Crippen molar-refractivity contribution in [2.75, 3.05) is 20.3 Å². The molecular formula is C41H43N3O5. The molecule has 0 N–H and O–H groups in total. The Morgan fingerprint density at radius 2 is 1.82 bits per heavy atom. The summed E-state index contributed by atoms with van der Waals surface area (Å²) in [5.74, 6) is 1.39. The second-order valence-electron chi connectivity index (χ2n) is 13.2. The van der Waals surface area contributed by atoms with Crippen LogP contribution in [-0.4, -0.2) is 46.5 Å². The van der Waals surface area contributed by atoms with E-state index >= 15 is 0 Å². The van der Waals surface area contributed by atoms with E-state index in [1.165, 1.54) is 7.11 Å². The maximum atomic E-state index is 13.5. The fraction of sp³-hybridized carbons (Fsp3) is 0.293. The zero-order valence-electron chi connectivity index (χ0n) is 28.9. The zero-order valence-corrected chi connectivity index (χ0v) is 28.9. The van der Waals surface area contributed by atoms with Crippen molar-refractivity contribution in [1.82, 2.24) is 14.6 Å². The molecule has 6 rings (SSSR count). The highest BCUT2D eigenvalue weighted by atomic mass is 16.6. The fourth-order valence-corrected chi connectivity index (χ4v) is 6.44. The number of carbonyl (C=O) groups is 1. The third-order valence-corrected chi connectivity index (χ3v) is 8.59. The minimum absolute atomic E-state index is 0.263. The van der Waals surface area contributed by atoms with E-state index in [-0.39, 0.29) is 5.92 Å². The molecule has 1 unspecified atom stereocenters. The lowest BCUT2D eigenvalue weighted by atomic mass is 9.88. The quantitative estimate of drug-likeness (QED) is 0.104. The summed E-state index contributed by atoms with van der Waals surface area (Å²) in [6.45, 7) is 16.5. The summed E-state index contributed by atoms with van der Waals surface area (Å²) in [5, 5.41) is 5.15. The molecule has 8 heteroatoms. The van der Waals surface area contributed by atoms with Gasteiger partial charge in [-0.25, -0.2) is 14.3 Å². The van der Waals surface area contributed by atoms with Crippen LogP contribution in [0.15, 0.2) is 98.1 Å². The van der Waals surface area contributed by atoms with Gasteiger partial charge in [0.2, 0.25) is 0 Å². The lowest BCUT2D eigenvalue weighted by molar-refractivity contribution is -0.164. The first-order chi connectivity index (χ1) is 23.6. The van der Waals surface area contributed by atoms with Crippen LogP contribution >= 0.6 is 0 Å². The van der Waals surface area contributed by atoms with Crippen LogP contribution < -0.4 is 9.47 Å². The van der Waals surface area contributed by atoms with Gasteiger partial charge < -0.3 is 18.9 Å². The Balaban J connectivity index is 1.57. The molecule has 3 heterocycles. The third kappa shape index (κ3) is 7.01. The third-order valence-electron chi connectivity index (χ3n) is 8.59. The monoisotopic (exact) mass is 657 g/mol. The first-order valence-corrected chi connectivity index (χ1v) is 16.6. The second kappa shape index (κ2) is 14.1. The number of fused-ring (bicyclic) bond motifs is 2. The molecule has 0 amide bonds. The summed E-state index contributed by atoms with van der Waals surface area (Å²) in [6, 6.07) is 24.3. The number of para-hydroxylation sites is 1. The number of rotatable bonds is 11. The van der Waals surface area contributed by atoms with Crippen molar-refractivity contribution in [3.8, 4) is 45.1 Å². The predicted octanol–water partition coefficient (Wildman–Crippen LogP) is 9.07. The lowest BCUT2D eigenvalue weighted by Crippen LogP contribution is -2.30. The van der Waals surface area contributed by atoms with Crippen molar-refractivity contribution in [3.05, 3.63) is 115 Å². The van der Waals surface area contributed by atoms with Crippen LogP contribution in [0.25, 0.3) is 39.3 Å². The lowest BCUT2D eigenvalue weighted by Gasteiger charge is -2.29. The number of hydrogen-bond acceptors (Lipinski definition) is 7. The number of aromatic nitrogens is 3. The number of hydrogen-bond donors (Lipinski definition) is 0. The van der Waals surface area contributed by atoms with E-state index in [0.717, 1.165) is 57.9 Å². The van der Waals surface area contributed by atoms with Crippen LogP contribution in [0, 0.1) is 6.92 Å².